The maximum atomic E-state index is 5.68. The third-order valence-corrected chi connectivity index (χ3v) is 3.59. The van der Waals surface area contributed by atoms with Crippen LogP contribution in [0, 0.1) is 0 Å². The first-order chi connectivity index (χ1) is 12.2. The van der Waals surface area contributed by atoms with Gasteiger partial charge < -0.3 is 20.3 Å². The van der Waals surface area contributed by atoms with Crippen molar-refractivity contribution in [2.24, 2.45) is 4.99 Å². The van der Waals surface area contributed by atoms with E-state index in [2.05, 4.69) is 26.7 Å². The van der Waals surface area contributed by atoms with Crippen molar-refractivity contribution in [3.8, 4) is 5.75 Å². The molecule has 0 bridgehead atoms. The van der Waals surface area contributed by atoms with Crippen LogP contribution >= 0.6 is 0 Å². The van der Waals surface area contributed by atoms with Crippen molar-refractivity contribution in [2.75, 3.05) is 39.2 Å². The number of pyridine rings is 1. The maximum Gasteiger partial charge on any atom is 0.191 e. The number of ether oxygens (including phenoxy) is 1. The number of aromatic nitrogens is 1. The van der Waals surface area contributed by atoms with Gasteiger partial charge in [-0.1, -0.05) is 24.3 Å². The topological polar surface area (TPSA) is 61.8 Å². The van der Waals surface area contributed by atoms with Crippen LogP contribution in [0.15, 0.2) is 53.7 Å². The van der Waals surface area contributed by atoms with Gasteiger partial charge in [0.2, 0.25) is 0 Å². The number of anilines is 1. The molecule has 0 amide bonds. The van der Waals surface area contributed by atoms with Gasteiger partial charge in [0.1, 0.15) is 11.6 Å². The van der Waals surface area contributed by atoms with Crippen LogP contribution in [0.4, 0.5) is 5.82 Å². The van der Waals surface area contributed by atoms with Crippen molar-refractivity contribution >= 4 is 11.8 Å². The highest BCUT2D eigenvalue weighted by Gasteiger charge is 2.06. The van der Waals surface area contributed by atoms with Crippen molar-refractivity contribution in [1.82, 2.24) is 15.6 Å². The molecule has 0 fully saturated rings. The van der Waals surface area contributed by atoms with E-state index in [1.165, 1.54) is 0 Å². The van der Waals surface area contributed by atoms with E-state index >= 15 is 0 Å². The molecule has 2 N–H and O–H groups in total. The van der Waals surface area contributed by atoms with Crippen molar-refractivity contribution in [2.45, 2.75) is 13.0 Å². The molecule has 1 aromatic carbocycles. The zero-order chi connectivity index (χ0) is 17.9. The van der Waals surface area contributed by atoms with Gasteiger partial charge in [0.05, 0.1) is 6.61 Å². The molecule has 1 heterocycles. The molecule has 6 nitrogen and oxygen atoms in total. The van der Waals surface area contributed by atoms with E-state index in [0.29, 0.717) is 13.2 Å². The summed E-state index contributed by atoms with van der Waals surface area (Å²) in [4.78, 5) is 10.7. The van der Waals surface area contributed by atoms with E-state index in [1.807, 2.05) is 55.4 Å². The van der Waals surface area contributed by atoms with Gasteiger partial charge in [-0.25, -0.2) is 4.98 Å². The van der Waals surface area contributed by atoms with E-state index in [1.54, 1.807) is 13.2 Å². The van der Waals surface area contributed by atoms with Gasteiger partial charge in [0, 0.05) is 46.0 Å². The summed E-state index contributed by atoms with van der Waals surface area (Å²) in [6, 6.07) is 13.9. The molecule has 2 aromatic rings. The predicted molar refractivity (Wildman–Crippen MR) is 103 cm³/mol. The van der Waals surface area contributed by atoms with Crippen LogP contribution in [0.25, 0.3) is 0 Å². The largest absolute Gasteiger partial charge is 0.494 e. The minimum Gasteiger partial charge on any atom is -0.494 e. The third kappa shape index (κ3) is 6.33. The molecule has 25 heavy (non-hydrogen) atoms. The first-order valence-corrected chi connectivity index (χ1v) is 8.44. The van der Waals surface area contributed by atoms with Crippen LogP contribution in [0.1, 0.15) is 12.0 Å². The minimum atomic E-state index is 0.668. The van der Waals surface area contributed by atoms with Crippen molar-refractivity contribution in [3.63, 3.8) is 0 Å². The molecule has 0 aliphatic heterocycles. The Morgan fingerprint density at radius 1 is 1.12 bits per heavy atom. The standard InChI is InChI=1S/C19H27N5O/c1-20-19(22-13-8-14-25-17-10-5-4-6-11-17)23-15-16-9-7-12-21-18(16)24(2)3/h4-7,9-12H,8,13-15H2,1-3H3,(H2,20,22,23). The van der Waals surface area contributed by atoms with E-state index < -0.39 is 0 Å². The summed E-state index contributed by atoms with van der Waals surface area (Å²) >= 11 is 0. The van der Waals surface area contributed by atoms with Crippen LogP contribution in [0.2, 0.25) is 0 Å². The third-order valence-electron chi connectivity index (χ3n) is 3.59. The molecule has 0 aliphatic carbocycles. The zero-order valence-corrected chi connectivity index (χ0v) is 15.2. The average Bonchev–Trinajstić information content (AvgIpc) is 2.65. The van der Waals surface area contributed by atoms with Crippen molar-refractivity contribution in [3.05, 3.63) is 54.2 Å². The fraction of sp³-hybridized carbons (Fsp3) is 0.368. The van der Waals surface area contributed by atoms with E-state index in [4.69, 9.17) is 4.74 Å². The highest BCUT2D eigenvalue weighted by atomic mass is 16.5. The highest BCUT2D eigenvalue weighted by molar-refractivity contribution is 5.79. The second-order valence-electron chi connectivity index (χ2n) is 5.75. The number of aliphatic imine (C=N–C) groups is 1. The monoisotopic (exact) mass is 341 g/mol. The number of nitrogens with one attached hydrogen (secondary N) is 2. The molecule has 6 heteroatoms. The summed E-state index contributed by atoms with van der Waals surface area (Å²) in [5.41, 5.74) is 1.13. The SMILES string of the molecule is CN=C(NCCCOc1ccccc1)NCc1cccnc1N(C)C. The first kappa shape index (κ1) is 18.6. The Bertz CT molecular complexity index is 658. The molecule has 0 saturated carbocycles. The summed E-state index contributed by atoms with van der Waals surface area (Å²) in [5.74, 6) is 2.63. The fourth-order valence-electron chi connectivity index (χ4n) is 2.36. The summed E-state index contributed by atoms with van der Waals surface area (Å²) in [6.07, 6.45) is 2.70. The number of nitrogens with zero attached hydrogens (tertiary/aromatic N) is 3. The molecular formula is C19H27N5O. The van der Waals surface area contributed by atoms with Crippen LogP contribution in [-0.2, 0) is 6.54 Å². The summed E-state index contributed by atoms with van der Waals surface area (Å²) in [7, 11) is 5.75. The van der Waals surface area contributed by atoms with Crippen molar-refractivity contribution in [1.29, 1.82) is 0 Å². The lowest BCUT2D eigenvalue weighted by atomic mass is 10.2. The Kier molecular flexibility index (Phi) is 7.56. The predicted octanol–water partition coefficient (Wildman–Crippen LogP) is 2.28. The summed E-state index contributed by atoms with van der Waals surface area (Å²) in [6.45, 7) is 2.13. The number of benzene rings is 1. The molecule has 0 aliphatic rings. The fourth-order valence-corrected chi connectivity index (χ4v) is 2.36. The first-order valence-electron chi connectivity index (χ1n) is 8.44. The number of rotatable bonds is 8. The molecule has 0 atom stereocenters. The second kappa shape index (κ2) is 10.2. The van der Waals surface area contributed by atoms with Crippen molar-refractivity contribution < 1.29 is 4.74 Å². The van der Waals surface area contributed by atoms with E-state index in [-0.39, 0.29) is 0 Å². The van der Waals surface area contributed by atoms with Crippen LogP contribution < -0.4 is 20.3 Å². The van der Waals surface area contributed by atoms with Gasteiger partial charge in [-0.3, -0.25) is 4.99 Å². The number of guanidine groups is 1. The number of hydrogen-bond acceptors (Lipinski definition) is 4. The lowest BCUT2D eigenvalue weighted by Crippen LogP contribution is -2.38. The van der Waals surface area contributed by atoms with Gasteiger partial charge in [0.25, 0.3) is 0 Å². The molecule has 0 saturated heterocycles. The van der Waals surface area contributed by atoms with Gasteiger partial charge >= 0.3 is 0 Å². The van der Waals surface area contributed by atoms with Gasteiger partial charge in [-0.05, 0) is 24.6 Å². The quantitative estimate of drug-likeness (QED) is 0.438. The Labute approximate surface area is 149 Å². The lowest BCUT2D eigenvalue weighted by molar-refractivity contribution is 0.311. The van der Waals surface area contributed by atoms with E-state index in [0.717, 1.165) is 36.1 Å². The number of hydrogen-bond donors (Lipinski definition) is 2. The number of para-hydroxylation sites is 1. The Morgan fingerprint density at radius 2 is 1.92 bits per heavy atom. The Hall–Kier alpha value is -2.76. The Morgan fingerprint density at radius 3 is 2.64 bits per heavy atom. The highest BCUT2D eigenvalue weighted by Crippen LogP contribution is 2.13. The lowest BCUT2D eigenvalue weighted by Gasteiger charge is -2.17. The van der Waals surface area contributed by atoms with Gasteiger partial charge in [-0.15, -0.1) is 0 Å². The Balaban J connectivity index is 1.71. The van der Waals surface area contributed by atoms with Gasteiger partial charge in [-0.2, -0.15) is 0 Å². The molecule has 134 valence electrons. The average molecular weight is 341 g/mol. The minimum absolute atomic E-state index is 0.668. The van der Waals surface area contributed by atoms with E-state index in [9.17, 15) is 0 Å². The molecule has 1 aromatic heterocycles. The summed E-state index contributed by atoms with van der Waals surface area (Å²) in [5, 5.41) is 6.62. The zero-order valence-electron chi connectivity index (χ0n) is 15.2. The summed E-state index contributed by atoms with van der Waals surface area (Å²) < 4.78 is 5.68. The van der Waals surface area contributed by atoms with Crippen LogP contribution in [0.5, 0.6) is 5.75 Å². The second-order valence-corrected chi connectivity index (χ2v) is 5.75. The molecule has 0 radical (unpaired) electrons. The van der Waals surface area contributed by atoms with Gasteiger partial charge in [0.15, 0.2) is 5.96 Å². The molecule has 0 unspecified atom stereocenters. The van der Waals surface area contributed by atoms with Crippen LogP contribution in [0.3, 0.4) is 0 Å². The smallest absolute Gasteiger partial charge is 0.191 e. The molecule has 0 spiro atoms. The van der Waals surface area contributed by atoms with Crippen LogP contribution in [-0.4, -0.2) is 45.2 Å². The maximum absolute atomic E-state index is 5.68. The normalized spacial score (nSPS) is 11.1. The molecular weight excluding hydrogens is 314 g/mol. The molecule has 2 rings (SSSR count).